The summed E-state index contributed by atoms with van der Waals surface area (Å²) >= 11 is 0. The molecule has 1 rings (SSSR count). The number of hydrogen-bond donors (Lipinski definition) is 0. The predicted molar refractivity (Wildman–Crippen MR) is 50.4 cm³/mol. The van der Waals surface area contributed by atoms with Crippen LogP contribution in [0.1, 0.15) is 0 Å². The summed E-state index contributed by atoms with van der Waals surface area (Å²) in [6.07, 6.45) is 5.00. The molecule has 12 heavy (non-hydrogen) atoms. The average molecular weight is 178 g/mol. The van der Waals surface area contributed by atoms with E-state index < -0.39 is 10.0 Å². The van der Waals surface area contributed by atoms with E-state index >= 15 is 0 Å². The molecular weight excluding hydrogens is 168 g/mol. The zero-order chi connectivity index (χ0) is 8.65. The third-order valence-electron chi connectivity index (χ3n) is 1.24. The van der Waals surface area contributed by atoms with Crippen molar-refractivity contribution in [2.75, 3.05) is 6.61 Å². The summed E-state index contributed by atoms with van der Waals surface area (Å²) in [6, 6.07) is 9.57. The van der Waals surface area contributed by atoms with Crippen molar-refractivity contribution in [2.45, 2.75) is 0 Å². The molecule has 0 saturated heterocycles. The minimum Gasteiger partial charge on any atom is -0.525 e. The van der Waals surface area contributed by atoms with Crippen LogP contribution in [0.3, 0.4) is 0 Å². The fourth-order valence-corrected chi connectivity index (χ4v) is 1.34. The fraction of sp³-hybridized carbons (Fsp3) is 0.111. The second kappa shape index (κ2) is 5.41. The first-order valence-electron chi connectivity index (χ1n) is 3.62. The van der Waals surface area contributed by atoms with Gasteiger partial charge in [0.2, 0.25) is 0 Å². The van der Waals surface area contributed by atoms with Crippen molar-refractivity contribution < 1.29 is 8.85 Å². The average Bonchev–Trinajstić information content (AvgIpc) is 2.14. The lowest BCUT2D eigenvalue weighted by atomic mass is 10.3. The van der Waals surface area contributed by atoms with Gasteiger partial charge in [0.15, 0.2) is 0 Å². The fourth-order valence-electron chi connectivity index (χ4n) is 0.727. The Hall–Kier alpha value is -1.24. The largest absolute Gasteiger partial charge is 0.525 e. The highest BCUT2D eigenvalue weighted by Crippen LogP contribution is 2.06. The lowest BCUT2D eigenvalue weighted by Gasteiger charge is -2.03. The maximum absolute atomic E-state index is 5.33. The summed E-state index contributed by atoms with van der Waals surface area (Å²) in [5, 5.41) is 0. The lowest BCUT2D eigenvalue weighted by molar-refractivity contribution is 0.332. The number of rotatable bonds is 4. The Labute approximate surface area is 74.6 Å². The molecule has 1 aromatic carbocycles. The molecule has 1 aromatic rings. The molecule has 0 unspecified atom stereocenters. The quantitative estimate of drug-likeness (QED) is 0.384. The zero-order valence-corrected chi connectivity index (χ0v) is 8.11. The molecule has 0 bridgehead atoms. The van der Waals surface area contributed by atoms with Crippen molar-refractivity contribution in [2.24, 2.45) is 0 Å². The molecule has 2 nitrogen and oxygen atoms in total. The van der Waals surface area contributed by atoms with Gasteiger partial charge in [-0.25, -0.2) is 0 Å². The predicted octanol–water partition coefficient (Wildman–Crippen LogP) is 0.714. The number of hydrogen-bond acceptors (Lipinski definition) is 2. The third-order valence-corrected chi connectivity index (χ3v) is 2.06. The topological polar surface area (TPSA) is 18.5 Å². The van der Waals surface area contributed by atoms with Crippen LogP contribution < -0.4 is 4.43 Å². The van der Waals surface area contributed by atoms with Crippen LogP contribution in [0, 0.1) is 12.3 Å². The van der Waals surface area contributed by atoms with E-state index in [1.165, 1.54) is 0 Å². The summed E-state index contributed by atoms with van der Waals surface area (Å²) in [6.45, 7) is 0.346. The van der Waals surface area contributed by atoms with E-state index in [1.807, 2.05) is 30.3 Å². The molecule has 0 fully saturated rings. The maximum atomic E-state index is 5.33. The van der Waals surface area contributed by atoms with E-state index in [0.29, 0.717) is 6.61 Å². The van der Waals surface area contributed by atoms with Crippen LogP contribution in [0.4, 0.5) is 0 Å². The molecule has 0 aliphatic carbocycles. The number of benzene rings is 1. The second-order valence-corrected chi connectivity index (χ2v) is 3.06. The maximum Gasteiger partial charge on any atom is 0.366 e. The highest BCUT2D eigenvalue weighted by molar-refractivity contribution is 6.19. The van der Waals surface area contributed by atoms with Gasteiger partial charge in [-0.05, 0) is 12.1 Å². The number of para-hydroxylation sites is 1. The Balaban J connectivity index is 2.21. The Morgan fingerprint density at radius 2 is 2.08 bits per heavy atom. The van der Waals surface area contributed by atoms with Gasteiger partial charge in [-0.2, -0.15) is 0 Å². The van der Waals surface area contributed by atoms with Gasteiger partial charge < -0.3 is 8.85 Å². The van der Waals surface area contributed by atoms with Crippen LogP contribution in [-0.2, 0) is 4.43 Å². The monoisotopic (exact) mass is 178 g/mol. The lowest BCUT2D eigenvalue weighted by Crippen LogP contribution is -2.07. The van der Waals surface area contributed by atoms with E-state index in [4.69, 9.17) is 15.3 Å². The van der Waals surface area contributed by atoms with Crippen molar-refractivity contribution >= 4 is 10.0 Å². The van der Waals surface area contributed by atoms with Crippen molar-refractivity contribution in [1.29, 1.82) is 0 Å². The van der Waals surface area contributed by atoms with Crippen molar-refractivity contribution in [3.8, 4) is 18.1 Å². The molecule has 0 spiro atoms. The molecule has 0 saturated carbocycles. The van der Waals surface area contributed by atoms with E-state index in [9.17, 15) is 0 Å². The van der Waals surface area contributed by atoms with Gasteiger partial charge in [-0.1, -0.05) is 24.1 Å². The van der Waals surface area contributed by atoms with Crippen molar-refractivity contribution in [1.82, 2.24) is 0 Å². The summed E-state index contributed by atoms with van der Waals surface area (Å²) in [4.78, 5) is 0. The Morgan fingerprint density at radius 1 is 1.33 bits per heavy atom. The zero-order valence-electron chi connectivity index (χ0n) is 6.69. The highest BCUT2D eigenvalue weighted by Gasteiger charge is 1.90. The SMILES string of the molecule is C#CCO[SiH2]Oc1ccccc1. The molecule has 0 radical (unpaired) electrons. The van der Waals surface area contributed by atoms with Gasteiger partial charge >= 0.3 is 10.0 Å². The smallest absolute Gasteiger partial charge is 0.366 e. The Bertz CT molecular complexity index is 253. The van der Waals surface area contributed by atoms with Crippen LogP contribution in [0.2, 0.25) is 0 Å². The summed E-state index contributed by atoms with van der Waals surface area (Å²) in [5.41, 5.74) is 0. The summed E-state index contributed by atoms with van der Waals surface area (Å²) in [5.74, 6) is 3.23. The second-order valence-electron chi connectivity index (χ2n) is 2.13. The minimum absolute atomic E-state index is 0.346. The van der Waals surface area contributed by atoms with Crippen LogP contribution in [-0.4, -0.2) is 16.6 Å². The Kier molecular flexibility index (Phi) is 3.99. The van der Waals surface area contributed by atoms with Gasteiger partial charge in [-0.15, -0.1) is 6.42 Å². The van der Waals surface area contributed by atoms with Crippen molar-refractivity contribution in [3.05, 3.63) is 30.3 Å². The van der Waals surface area contributed by atoms with Crippen LogP contribution in [0.25, 0.3) is 0 Å². The molecule has 0 aliphatic rings. The normalized spacial score (nSPS) is 9.92. The molecular formula is C9H10O2Si. The molecule has 0 heterocycles. The first-order valence-corrected chi connectivity index (χ1v) is 4.78. The van der Waals surface area contributed by atoms with E-state index in [-0.39, 0.29) is 0 Å². The van der Waals surface area contributed by atoms with E-state index in [1.54, 1.807) is 0 Å². The minimum atomic E-state index is -0.940. The highest BCUT2D eigenvalue weighted by atomic mass is 28.3. The third kappa shape index (κ3) is 3.24. The van der Waals surface area contributed by atoms with Gasteiger partial charge in [0.1, 0.15) is 5.75 Å². The molecule has 0 N–H and O–H groups in total. The first-order chi connectivity index (χ1) is 5.93. The molecule has 0 amide bonds. The van der Waals surface area contributed by atoms with Gasteiger partial charge in [0.05, 0.1) is 6.61 Å². The van der Waals surface area contributed by atoms with E-state index in [2.05, 4.69) is 5.92 Å². The first kappa shape index (κ1) is 8.85. The van der Waals surface area contributed by atoms with Crippen LogP contribution in [0.15, 0.2) is 30.3 Å². The van der Waals surface area contributed by atoms with Crippen LogP contribution >= 0.6 is 0 Å². The number of terminal acetylenes is 1. The molecule has 0 atom stereocenters. The van der Waals surface area contributed by atoms with Crippen molar-refractivity contribution in [3.63, 3.8) is 0 Å². The summed E-state index contributed by atoms with van der Waals surface area (Å²) < 4.78 is 10.4. The van der Waals surface area contributed by atoms with Crippen LogP contribution in [0.5, 0.6) is 5.75 Å². The van der Waals surface area contributed by atoms with Gasteiger partial charge in [0, 0.05) is 0 Å². The molecule has 62 valence electrons. The Morgan fingerprint density at radius 3 is 2.75 bits per heavy atom. The standard InChI is InChI=1S/C9H10O2Si/c1-2-8-10-12-11-9-6-4-3-5-7-9/h1,3-7H,8,12H2. The molecule has 0 aliphatic heterocycles. The molecule has 3 heteroatoms. The molecule has 0 aromatic heterocycles. The van der Waals surface area contributed by atoms with E-state index in [0.717, 1.165) is 5.75 Å². The van der Waals surface area contributed by atoms with Gasteiger partial charge in [-0.3, -0.25) is 0 Å². The summed E-state index contributed by atoms with van der Waals surface area (Å²) in [7, 11) is -0.940. The van der Waals surface area contributed by atoms with Gasteiger partial charge in [0.25, 0.3) is 0 Å².